The molecule has 0 radical (unpaired) electrons. The maximum atomic E-state index is 14.4. The van der Waals surface area contributed by atoms with Crippen molar-refractivity contribution in [2.24, 2.45) is 0 Å². The summed E-state index contributed by atoms with van der Waals surface area (Å²) in [5, 5.41) is 8.82. The van der Waals surface area contributed by atoms with E-state index in [1.54, 1.807) is 48.5 Å². The van der Waals surface area contributed by atoms with Gasteiger partial charge in [0.1, 0.15) is 23.7 Å². The van der Waals surface area contributed by atoms with Gasteiger partial charge >= 0.3 is 11.9 Å². The van der Waals surface area contributed by atoms with Gasteiger partial charge in [-0.05, 0) is 48.9 Å². The normalized spacial score (nSPS) is 10.1. The van der Waals surface area contributed by atoms with Crippen LogP contribution >= 0.6 is 0 Å². The van der Waals surface area contributed by atoms with Gasteiger partial charge in [0.25, 0.3) is 0 Å². The zero-order chi connectivity index (χ0) is 20.8. The highest BCUT2D eigenvalue weighted by Crippen LogP contribution is 2.26. The third-order valence-electron chi connectivity index (χ3n) is 4.04. The maximum Gasteiger partial charge on any atom is 0.322 e. The summed E-state index contributed by atoms with van der Waals surface area (Å²) in [5.41, 5.74) is 2.36. The lowest BCUT2D eigenvalue weighted by atomic mass is 10.0. The molecule has 0 aromatic heterocycles. The van der Waals surface area contributed by atoms with E-state index in [4.69, 9.17) is 14.7 Å². The van der Waals surface area contributed by atoms with E-state index in [9.17, 15) is 14.0 Å². The first-order valence-electron chi connectivity index (χ1n) is 8.73. The molecule has 0 saturated carbocycles. The fraction of sp³-hybridized carbons (Fsp3) is 0.0870. The molecule has 6 heteroatoms. The van der Waals surface area contributed by atoms with Crippen LogP contribution in [0.15, 0.2) is 66.7 Å². The molecule has 0 heterocycles. The van der Waals surface area contributed by atoms with Crippen LogP contribution in [0.3, 0.4) is 0 Å². The van der Waals surface area contributed by atoms with E-state index in [0.717, 1.165) is 11.6 Å². The molecule has 0 N–H and O–H groups in total. The summed E-state index contributed by atoms with van der Waals surface area (Å²) >= 11 is 0. The van der Waals surface area contributed by atoms with Gasteiger partial charge in [-0.2, -0.15) is 5.26 Å². The van der Waals surface area contributed by atoms with Gasteiger partial charge in [0.05, 0.1) is 11.6 Å². The Bertz CT molecular complexity index is 1080. The standard InChI is InChI=1S/C23H16FNO4/c1-15-2-8-18(9-3-15)28-22(26)13-23(27)29-19-10-11-20(21(24)12-19)17-6-4-16(14-25)5-7-17/h2-12H,13H2,1H3. The number of hydrogen-bond acceptors (Lipinski definition) is 5. The Kier molecular flexibility index (Phi) is 6.00. The molecule has 0 bridgehead atoms. The summed E-state index contributed by atoms with van der Waals surface area (Å²) in [5.74, 6) is -1.91. The number of ether oxygens (including phenoxy) is 2. The minimum Gasteiger partial charge on any atom is -0.426 e. The number of nitrogens with zero attached hydrogens (tertiary/aromatic N) is 1. The number of hydrogen-bond donors (Lipinski definition) is 0. The van der Waals surface area contributed by atoms with E-state index < -0.39 is 24.2 Å². The molecule has 0 aliphatic carbocycles. The molecular formula is C23H16FNO4. The summed E-state index contributed by atoms with van der Waals surface area (Å²) in [6.07, 6.45) is -0.604. The second-order valence-corrected chi connectivity index (χ2v) is 6.27. The van der Waals surface area contributed by atoms with Crippen LogP contribution in [-0.4, -0.2) is 11.9 Å². The van der Waals surface area contributed by atoms with E-state index in [1.807, 2.05) is 13.0 Å². The molecule has 0 spiro atoms. The van der Waals surface area contributed by atoms with Gasteiger partial charge in [-0.25, -0.2) is 4.39 Å². The second kappa shape index (κ2) is 8.81. The highest BCUT2D eigenvalue weighted by Gasteiger charge is 2.15. The van der Waals surface area contributed by atoms with Crippen molar-refractivity contribution in [2.75, 3.05) is 0 Å². The number of carbonyl (C=O) groups excluding carboxylic acids is 2. The molecule has 29 heavy (non-hydrogen) atoms. The first kappa shape index (κ1) is 19.8. The molecular weight excluding hydrogens is 373 g/mol. The van der Waals surface area contributed by atoms with Crippen LogP contribution in [0.1, 0.15) is 17.5 Å². The van der Waals surface area contributed by atoms with Gasteiger partial charge in [-0.15, -0.1) is 0 Å². The average Bonchev–Trinajstić information content (AvgIpc) is 2.70. The van der Waals surface area contributed by atoms with Crippen molar-refractivity contribution in [1.29, 1.82) is 5.26 Å². The number of halogens is 1. The molecule has 0 atom stereocenters. The third-order valence-corrected chi connectivity index (χ3v) is 4.04. The van der Waals surface area contributed by atoms with Crippen LogP contribution in [0.25, 0.3) is 11.1 Å². The first-order chi connectivity index (χ1) is 13.9. The minimum absolute atomic E-state index is 0.0203. The van der Waals surface area contributed by atoms with E-state index >= 15 is 0 Å². The van der Waals surface area contributed by atoms with E-state index in [0.29, 0.717) is 22.4 Å². The Hall–Kier alpha value is -3.98. The van der Waals surface area contributed by atoms with Crippen molar-refractivity contribution in [3.63, 3.8) is 0 Å². The summed E-state index contributed by atoms with van der Waals surface area (Å²) in [7, 11) is 0. The number of nitriles is 1. The van der Waals surface area contributed by atoms with Crippen LogP contribution in [0.5, 0.6) is 11.5 Å². The Morgan fingerprint density at radius 1 is 0.897 bits per heavy atom. The number of esters is 2. The quantitative estimate of drug-likeness (QED) is 0.363. The predicted molar refractivity (Wildman–Crippen MR) is 104 cm³/mol. The van der Waals surface area contributed by atoms with Gasteiger partial charge in [-0.3, -0.25) is 9.59 Å². The van der Waals surface area contributed by atoms with E-state index in [1.165, 1.54) is 12.1 Å². The van der Waals surface area contributed by atoms with Gasteiger partial charge < -0.3 is 9.47 Å². The average molecular weight is 389 g/mol. The molecule has 3 aromatic carbocycles. The molecule has 5 nitrogen and oxygen atoms in total. The fourth-order valence-electron chi connectivity index (χ4n) is 2.58. The molecule has 0 saturated heterocycles. The lowest BCUT2D eigenvalue weighted by Gasteiger charge is -2.08. The molecule has 0 fully saturated rings. The highest BCUT2D eigenvalue weighted by molar-refractivity contribution is 5.93. The molecule has 0 aliphatic rings. The van der Waals surface area contributed by atoms with Crippen LogP contribution < -0.4 is 9.47 Å². The smallest absolute Gasteiger partial charge is 0.322 e. The number of aryl methyl sites for hydroxylation is 1. The Morgan fingerprint density at radius 2 is 1.48 bits per heavy atom. The number of rotatable bonds is 5. The van der Waals surface area contributed by atoms with Crippen LogP contribution in [0.4, 0.5) is 4.39 Å². The van der Waals surface area contributed by atoms with Gasteiger partial charge in [0.2, 0.25) is 0 Å². The van der Waals surface area contributed by atoms with Crippen LogP contribution in [0, 0.1) is 24.1 Å². The Labute approximate surface area is 166 Å². The summed E-state index contributed by atoms with van der Waals surface area (Å²) in [6.45, 7) is 1.90. The van der Waals surface area contributed by atoms with Crippen molar-refractivity contribution >= 4 is 11.9 Å². The fourth-order valence-corrected chi connectivity index (χ4v) is 2.58. The molecule has 3 aromatic rings. The van der Waals surface area contributed by atoms with E-state index in [-0.39, 0.29) is 5.75 Å². The van der Waals surface area contributed by atoms with Crippen molar-refractivity contribution in [3.8, 4) is 28.7 Å². The zero-order valence-electron chi connectivity index (χ0n) is 15.5. The maximum absolute atomic E-state index is 14.4. The van der Waals surface area contributed by atoms with Crippen LogP contribution in [0.2, 0.25) is 0 Å². The largest absolute Gasteiger partial charge is 0.426 e. The zero-order valence-corrected chi connectivity index (χ0v) is 15.5. The van der Waals surface area contributed by atoms with Crippen molar-refractivity contribution < 1.29 is 23.5 Å². The summed E-state index contributed by atoms with van der Waals surface area (Å²) in [4.78, 5) is 23.8. The molecule has 0 amide bonds. The molecule has 144 valence electrons. The van der Waals surface area contributed by atoms with Gasteiger partial charge in [0, 0.05) is 11.6 Å². The minimum atomic E-state index is -0.854. The lowest BCUT2D eigenvalue weighted by Crippen LogP contribution is -2.18. The number of benzene rings is 3. The summed E-state index contributed by atoms with van der Waals surface area (Å²) in [6, 6.07) is 19.2. The monoisotopic (exact) mass is 389 g/mol. The van der Waals surface area contributed by atoms with Crippen molar-refractivity contribution in [1.82, 2.24) is 0 Å². The van der Waals surface area contributed by atoms with Gasteiger partial charge in [-0.1, -0.05) is 29.8 Å². The van der Waals surface area contributed by atoms with Crippen molar-refractivity contribution in [3.05, 3.63) is 83.7 Å². The van der Waals surface area contributed by atoms with Crippen molar-refractivity contribution in [2.45, 2.75) is 13.3 Å². The topological polar surface area (TPSA) is 76.4 Å². The molecule has 0 aliphatic heterocycles. The Balaban J connectivity index is 1.61. The number of carbonyl (C=O) groups is 2. The third kappa shape index (κ3) is 5.27. The first-order valence-corrected chi connectivity index (χ1v) is 8.73. The lowest BCUT2D eigenvalue weighted by molar-refractivity contribution is -0.144. The predicted octanol–water partition coefficient (Wildman–Crippen LogP) is 4.57. The van der Waals surface area contributed by atoms with E-state index in [2.05, 4.69) is 0 Å². The van der Waals surface area contributed by atoms with Crippen LogP contribution in [-0.2, 0) is 9.59 Å². The Morgan fingerprint density at radius 3 is 2.07 bits per heavy atom. The second-order valence-electron chi connectivity index (χ2n) is 6.27. The van der Waals surface area contributed by atoms with Gasteiger partial charge in [0.15, 0.2) is 0 Å². The molecule has 0 unspecified atom stereocenters. The molecule has 3 rings (SSSR count). The SMILES string of the molecule is Cc1ccc(OC(=O)CC(=O)Oc2ccc(-c3ccc(C#N)cc3)c(F)c2)cc1. The summed E-state index contributed by atoms with van der Waals surface area (Å²) < 4.78 is 24.5. The highest BCUT2D eigenvalue weighted by atomic mass is 19.1.